The number of primary amides is 2. The number of nitrogens with zero attached hydrogens (tertiary/aromatic N) is 3. The van der Waals surface area contributed by atoms with Crippen LogP contribution < -0.4 is 91.6 Å². The lowest BCUT2D eigenvalue weighted by Crippen LogP contribution is -2.63. The number of aromatic hydroxyl groups is 1. The van der Waals surface area contributed by atoms with Crippen LogP contribution in [0.25, 0.3) is 10.8 Å². The number of hydrogen-bond acceptors (Lipinski definition) is 29. The van der Waals surface area contributed by atoms with Crippen molar-refractivity contribution in [2.45, 2.75) is 209 Å². The van der Waals surface area contributed by atoms with Crippen molar-refractivity contribution in [3.63, 3.8) is 0 Å². The van der Waals surface area contributed by atoms with Gasteiger partial charge in [-0.1, -0.05) is 106 Å². The molecule has 0 radical (unpaired) electrons. The maximum absolute atomic E-state index is 15.4. The van der Waals surface area contributed by atoms with Crippen LogP contribution in [0.5, 0.6) is 5.75 Å². The molecule has 0 aliphatic carbocycles. The molecular formula is C90H122N20O28S3. The van der Waals surface area contributed by atoms with Gasteiger partial charge in [0.05, 0.1) is 54.6 Å². The smallest absolute Gasteiger partial charge is 0.305 e. The van der Waals surface area contributed by atoms with E-state index < -0.39 is 338 Å². The molecule has 26 N–H and O–H groups in total. The molecule has 3 fully saturated rings. The van der Waals surface area contributed by atoms with Gasteiger partial charge in [0.2, 0.25) is 106 Å². The lowest BCUT2D eigenvalue weighted by atomic mass is 9.85. The van der Waals surface area contributed by atoms with Gasteiger partial charge in [-0.2, -0.15) is 0 Å². The molecule has 18 amide bonds. The molecule has 0 spiro atoms. The second kappa shape index (κ2) is 55.3. The predicted octanol–water partition coefficient (Wildman–Crippen LogP) is -6.26. The zero-order valence-corrected chi connectivity index (χ0v) is 80.7. The SMILES string of the molecule is C[C@H](N)C(=O)N[C@H]1CSCC(=O)N2CCN3CCN(CC2)C(=O)CSC[C@@H](NC(=O)[C@@H](C)NC(=O)[C@H](Cc2cccc4ccccc24)NC(=O)[C@H](CCC(=O)O)NC(=O)[C@H](CC(N)=O)NC(=O)[C@@H](C)NC1=O)C(=O)N[C@@H](CCCC(=O)O)C(=O)N[C@@H](CC(=O)O)C(=O)N[C@@H](Cc1ccccc1)C(O)N[C@@H](Cc1ccc(O)cc1)C(=O)NC(CC(=O)O)C(=O)N[C@@H](C(C)(C)C)C(=O)N[C@H](C(N)=O)CSCC3=O. The van der Waals surface area contributed by atoms with Crippen molar-refractivity contribution in [1.29, 1.82) is 0 Å². The highest BCUT2D eigenvalue weighted by Gasteiger charge is 2.42. The number of fused-ring (bicyclic) bond motifs is 9. The topological polar surface area (TPSA) is 753 Å². The van der Waals surface area contributed by atoms with Crippen LogP contribution in [0.1, 0.15) is 110 Å². The Labute approximate surface area is 822 Å². The summed E-state index contributed by atoms with van der Waals surface area (Å²) in [5.41, 5.74) is 17.0. The number of carbonyl (C=O) groups excluding carboxylic acids is 18. The van der Waals surface area contributed by atoms with Gasteiger partial charge in [-0.3, -0.25) is 111 Å². The molecule has 3 aliphatic heterocycles. The number of carboxylic acid groups (broad SMARTS) is 4. The van der Waals surface area contributed by atoms with E-state index in [1.54, 1.807) is 60.7 Å². The number of carbonyl (C=O) groups is 22. The Morgan fingerprint density at radius 1 is 0.440 bits per heavy atom. The average molecular weight is 2030 g/mol. The summed E-state index contributed by atoms with van der Waals surface area (Å²) in [6, 6.07) is -2.57. The number of phenolic OH excluding ortho intramolecular Hbond substituents is 1. The van der Waals surface area contributed by atoms with Crippen LogP contribution in [0.4, 0.5) is 0 Å². The first-order chi connectivity index (χ1) is 66.5. The third-order valence-corrected chi connectivity index (χ3v) is 25.7. The number of phenols is 1. The molecule has 3 aliphatic rings. The number of nitrogens with one attached hydrogen (secondary N) is 14. The van der Waals surface area contributed by atoms with Gasteiger partial charge in [-0.25, -0.2) is 0 Å². The minimum atomic E-state index is -2.22. The molecule has 4 bridgehead atoms. The van der Waals surface area contributed by atoms with E-state index in [0.29, 0.717) is 33.7 Å². The number of aliphatic hydroxyl groups excluding tert-OH is 1. The molecule has 7 rings (SSSR count). The van der Waals surface area contributed by atoms with E-state index in [-0.39, 0.29) is 50.6 Å². The second-order valence-corrected chi connectivity index (χ2v) is 38.1. The highest BCUT2D eigenvalue weighted by Crippen LogP contribution is 2.25. The summed E-state index contributed by atoms with van der Waals surface area (Å²) >= 11 is 2.20. The molecule has 48 nitrogen and oxygen atoms in total. The number of thioether (sulfide) groups is 3. The van der Waals surface area contributed by atoms with Gasteiger partial charge in [0.1, 0.15) is 84.5 Å². The molecule has 0 saturated carbocycles. The average Bonchev–Trinajstić information content (AvgIpc) is 1.61. The van der Waals surface area contributed by atoms with Crippen molar-refractivity contribution < 1.29 is 136 Å². The van der Waals surface area contributed by atoms with Crippen molar-refractivity contribution in [2.75, 3.05) is 73.8 Å². The zero-order chi connectivity index (χ0) is 104. The fourth-order valence-electron chi connectivity index (χ4n) is 14.8. The lowest BCUT2D eigenvalue weighted by Gasteiger charge is -2.33. The first-order valence-corrected chi connectivity index (χ1v) is 48.5. The van der Waals surface area contributed by atoms with Gasteiger partial charge < -0.3 is 132 Å². The van der Waals surface area contributed by atoms with Crippen molar-refractivity contribution in [3.05, 3.63) is 114 Å². The standard InChI is InChI=1S/C90H122N20O28S3/c1-46(91)76(125)105-64-41-140-44-68(114)109-30-28-108-29-31-110(33-32-109)69(115)45-141-42-65(106-78(127)48(3)94-81(130)59(36-52-18-12-17-51-16-10-11-19-54(51)52)101-80(129)56(26-27-71(118)119)97-84(133)60(37-66(92)112)98-77(126)47(2)95-87(64)136)88(137)96-55(20-13-21-70(116)117)79(128)102-61(38-72(120)121)85(134)100-57(34-49-14-8-7-9-15-49)82(131)99-58(35-50-22-24-53(111)25-23-50)83(132)103-62(39-73(122)123)86(135)107-74(90(4,5)6)89(138)104-63(75(93)124)40-139-43-67(108)113/h7-12,14-19,22-25,46-48,55-65,74,82,99,111,131H,13,20-21,26-45,91H2,1-6H3,(H2,92,112)(H2,93,124)(H,94,130)(H,95,136)(H,96,137)(H,97,133)(H,98,126)(H,100,134)(H,101,129)(H,102,128)(H,103,132)(H,104,138)(H,105,125)(H,106,127)(H,107,135)(H,116,117)(H,118,119)(H,120,121)(H,122,123)/t46-,47+,48+,55-,56-,57-,58-,59-,60-,61-,62?,63-,64-,65+,74+,82?/m0/s1. The normalized spacial score (nSPS) is 25.0. The minimum absolute atomic E-state index is 0.240. The third kappa shape index (κ3) is 37.7. The summed E-state index contributed by atoms with van der Waals surface area (Å²) in [5.74, 6) is -30.2. The van der Waals surface area contributed by atoms with Crippen molar-refractivity contribution in [2.24, 2.45) is 22.6 Å². The van der Waals surface area contributed by atoms with Crippen LogP contribution in [0, 0.1) is 5.41 Å². The largest absolute Gasteiger partial charge is 0.508 e. The molecule has 3 heterocycles. The Hall–Kier alpha value is -13.8. The molecule has 768 valence electrons. The van der Waals surface area contributed by atoms with Gasteiger partial charge in [0.25, 0.3) is 0 Å². The molecule has 4 aromatic rings. The number of benzene rings is 4. The fraction of sp³-hybridized carbons (Fsp3) is 0.511. The molecule has 51 heteroatoms. The van der Waals surface area contributed by atoms with Gasteiger partial charge in [-0.15, -0.1) is 35.3 Å². The number of nitrogens with two attached hydrogens (primary N) is 3. The Morgan fingerprint density at radius 2 is 0.887 bits per heavy atom. The first kappa shape index (κ1) is 114. The first-order valence-electron chi connectivity index (χ1n) is 45.0. The zero-order valence-electron chi connectivity index (χ0n) is 78.2. The quantitative estimate of drug-likeness (QED) is 0.0348. The van der Waals surface area contributed by atoms with Crippen LogP contribution in [0.15, 0.2) is 97.1 Å². The van der Waals surface area contributed by atoms with Crippen LogP contribution in [-0.4, -0.2) is 346 Å². The lowest BCUT2D eigenvalue weighted by molar-refractivity contribution is -0.142. The number of carboxylic acids is 4. The number of aliphatic carboxylic acids is 4. The summed E-state index contributed by atoms with van der Waals surface area (Å²) in [4.78, 5) is 315. The van der Waals surface area contributed by atoms with Gasteiger partial charge in [0.15, 0.2) is 0 Å². The van der Waals surface area contributed by atoms with Crippen molar-refractivity contribution in [3.8, 4) is 5.75 Å². The molecule has 16 atom stereocenters. The summed E-state index contributed by atoms with van der Waals surface area (Å²) in [5, 5.41) is 98.6. The van der Waals surface area contributed by atoms with Crippen LogP contribution in [0.3, 0.4) is 0 Å². The number of hydrogen-bond donors (Lipinski definition) is 23. The van der Waals surface area contributed by atoms with Crippen LogP contribution >= 0.6 is 35.3 Å². The van der Waals surface area contributed by atoms with E-state index in [1.165, 1.54) is 78.8 Å². The molecule has 141 heavy (non-hydrogen) atoms. The highest BCUT2D eigenvalue weighted by molar-refractivity contribution is 8.00. The third-order valence-electron chi connectivity index (χ3n) is 22.6. The summed E-state index contributed by atoms with van der Waals surface area (Å²) in [7, 11) is 0. The molecule has 2 unspecified atom stereocenters. The number of aliphatic hydroxyl groups is 1. The number of amides is 18. The maximum Gasteiger partial charge on any atom is 0.305 e. The predicted molar refractivity (Wildman–Crippen MR) is 510 cm³/mol. The Morgan fingerprint density at radius 3 is 1.43 bits per heavy atom. The van der Waals surface area contributed by atoms with Crippen molar-refractivity contribution in [1.82, 2.24) is 89.1 Å². The van der Waals surface area contributed by atoms with E-state index in [2.05, 4.69) is 74.4 Å². The molecule has 3 saturated heterocycles. The fourth-order valence-corrected chi connectivity index (χ4v) is 17.6. The van der Waals surface area contributed by atoms with Crippen LogP contribution in [0.2, 0.25) is 0 Å². The molecular weight excluding hydrogens is 1910 g/mol. The minimum Gasteiger partial charge on any atom is -0.508 e. The van der Waals surface area contributed by atoms with E-state index in [4.69, 9.17) is 17.2 Å². The summed E-state index contributed by atoms with van der Waals surface area (Å²) < 4.78 is 0. The van der Waals surface area contributed by atoms with Gasteiger partial charge >= 0.3 is 23.9 Å². The van der Waals surface area contributed by atoms with E-state index in [9.17, 15) is 107 Å². The van der Waals surface area contributed by atoms with E-state index >= 15 is 28.8 Å². The molecule has 0 aromatic heterocycles. The highest BCUT2D eigenvalue weighted by atomic mass is 32.2. The van der Waals surface area contributed by atoms with Crippen LogP contribution in [-0.2, 0) is 125 Å². The summed E-state index contributed by atoms with van der Waals surface area (Å²) in [6.07, 6.45) is -10.3. The van der Waals surface area contributed by atoms with E-state index in [0.717, 1.165) is 37.4 Å². The summed E-state index contributed by atoms with van der Waals surface area (Å²) in [6.45, 7) is 6.20. The Kier molecular flexibility index (Phi) is 44.8. The molecule has 4 aromatic carbocycles. The van der Waals surface area contributed by atoms with Gasteiger partial charge in [-0.05, 0) is 97.9 Å². The van der Waals surface area contributed by atoms with E-state index in [1.807, 2.05) is 0 Å². The monoisotopic (exact) mass is 2030 g/mol. The van der Waals surface area contributed by atoms with Crippen molar-refractivity contribution >= 4 is 176 Å². The van der Waals surface area contributed by atoms with Gasteiger partial charge in [0, 0.05) is 75.8 Å². The Bertz CT molecular complexity index is 5210. The maximum atomic E-state index is 15.4. The Balaban J connectivity index is 1.39. The second-order valence-electron chi connectivity index (χ2n) is 35.0. The number of rotatable bonds is 22.